The smallest absolute Gasteiger partial charge is 0.138 e. The molecular weight excluding hydrogens is 282 g/mol. The lowest BCUT2D eigenvalue weighted by molar-refractivity contribution is 0.821. The highest BCUT2D eigenvalue weighted by Gasteiger charge is 2.22. The van der Waals surface area contributed by atoms with Gasteiger partial charge in [0.1, 0.15) is 17.0 Å². The first kappa shape index (κ1) is 12.6. The zero-order valence-corrected chi connectivity index (χ0v) is 12.5. The summed E-state index contributed by atoms with van der Waals surface area (Å²) in [6.45, 7) is 2.07. The molecule has 3 aromatic heterocycles. The average Bonchev–Trinajstić information content (AvgIpc) is 3.09. The van der Waals surface area contributed by atoms with E-state index in [1.807, 2.05) is 0 Å². The van der Waals surface area contributed by atoms with Crippen molar-refractivity contribution >= 4 is 27.4 Å². The minimum Gasteiger partial charge on any atom is -0.361 e. The van der Waals surface area contributed by atoms with E-state index in [1.165, 1.54) is 28.7 Å². The molecule has 1 aliphatic carbocycles. The molecule has 0 amide bonds. The van der Waals surface area contributed by atoms with Crippen LogP contribution in [0.1, 0.15) is 35.5 Å². The number of hydrogen-bond acceptors (Lipinski definition) is 6. The van der Waals surface area contributed by atoms with E-state index >= 15 is 0 Å². The molecule has 3 aromatic rings. The summed E-state index contributed by atoms with van der Waals surface area (Å²) in [6.07, 6.45) is 10.4. The van der Waals surface area contributed by atoms with Gasteiger partial charge in [-0.3, -0.25) is 9.97 Å². The predicted octanol–water partition coefficient (Wildman–Crippen LogP) is 3.14. The minimum absolute atomic E-state index is 0.0637. The summed E-state index contributed by atoms with van der Waals surface area (Å²) in [4.78, 5) is 19.9. The van der Waals surface area contributed by atoms with E-state index in [0.717, 1.165) is 22.8 Å². The van der Waals surface area contributed by atoms with Gasteiger partial charge in [0.25, 0.3) is 0 Å². The van der Waals surface area contributed by atoms with Gasteiger partial charge >= 0.3 is 0 Å². The third-order valence-electron chi connectivity index (χ3n) is 3.88. The molecular formula is C15H15N5S. The van der Waals surface area contributed by atoms with Crippen LogP contribution in [0.4, 0.5) is 5.82 Å². The number of nitrogens with one attached hydrogen (secondary N) is 1. The Labute approximate surface area is 126 Å². The minimum atomic E-state index is 0.0637. The van der Waals surface area contributed by atoms with E-state index in [2.05, 4.69) is 32.2 Å². The van der Waals surface area contributed by atoms with Crippen LogP contribution < -0.4 is 5.32 Å². The number of aromatic nitrogens is 4. The van der Waals surface area contributed by atoms with Crippen molar-refractivity contribution in [3.63, 3.8) is 0 Å². The summed E-state index contributed by atoms with van der Waals surface area (Å²) in [5.74, 6) is 0.914. The first-order valence-electron chi connectivity index (χ1n) is 7.10. The van der Waals surface area contributed by atoms with Gasteiger partial charge in [0.15, 0.2) is 0 Å². The van der Waals surface area contributed by atoms with Gasteiger partial charge in [0.2, 0.25) is 0 Å². The van der Waals surface area contributed by atoms with Crippen molar-refractivity contribution in [2.75, 3.05) is 5.32 Å². The lowest BCUT2D eigenvalue weighted by Gasteiger charge is -2.14. The Balaban J connectivity index is 1.74. The Kier molecular flexibility index (Phi) is 3.03. The SMILES string of the molecule is CC(Nc1ncnc2sc3c(c12)CCC3)c1cnccn1. The van der Waals surface area contributed by atoms with Crippen LogP contribution in [0, 0.1) is 0 Å². The van der Waals surface area contributed by atoms with Crippen molar-refractivity contribution < 1.29 is 0 Å². The standard InChI is InChI=1S/C15H15N5S/c1-9(11-7-16-5-6-17-11)20-14-13-10-3-2-4-12(10)21-15(13)19-8-18-14/h5-9H,2-4H2,1H3,(H,18,19,20). The lowest BCUT2D eigenvalue weighted by atomic mass is 10.1. The molecule has 1 N–H and O–H groups in total. The molecule has 1 atom stereocenters. The molecule has 5 nitrogen and oxygen atoms in total. The first-order valence-corrected chi connectivity index (χ1v) is 7.92. The molecule has 1 aliphatic rings. The molecule has 0 saturated carbocycles. The number of thiophene rings is 1. The van der Waals surface area contributed by atoms with Crippen LogP contribution in [0.3, 0.4) is 0 Å². The van der Waals surface area contributed by atoms with Gasteiger partial charge in [-0.25, -0.2) is 9.97 Å². The summed E-state index contributed by atoms with van der Waals surface area (Å²) in [5.41, 5.74) is 2.35. The Bertz CT molecular complexity index is 783. The van der Waals surface area contributed by atoms with Gasteiger partial charge < -0.3 is 5.32 Å². The summed E-state index contributed by atoms with van der Waals surface area (Å²) in [5, 5.41) is 4.67. The van der Waals surface area contributed by atoms with Crippen LogP contribution in [0.25, 0.3) is 10.2 Å². The molecule has 0 spiro atoms. The van der Waals surface area contributed by atoms with Crippen molar-refractivity contribution in [2.45, 2.75) is 32.2 Å². The molecule has 0 aromatic carbocycles. The Morgan fingerprint density at radius 3 is 3.00 bits per heavy atom. The molecule has 1 unspecified atom stereocenters. The van der Waals surface area contributed by atoms with Crippen LogP contribution in [0.5, 0.6) is 0 Å². The third kappa shape index (κ3) is 2.15. The third-order valence-corrected chi connectivity index (χ3v) is 5.08. The molecule has 4 rings (SSSR count). The second-order valence-corrected chi connectivity index (χ2v) is 6.34. The van der Waals surface area contributed by atoms with Gasteiger partial charge in [0.05, 0.1) is 23.3 Å². The van der Waals surface area contributed by atoms with Crippen LogP contribution >= 0.6 is 11.3 Å². The number of nitrogens with zero attached hydrogens (tertiary/aromatic N) is 4. The molecule has 21 heavy (non-hydrogen) atoms. The van der Waals surface area contributed by atoms with Crippen LogP contribution in [-0.4, -0.2) is 19.9 Å². The Morgan fingerprint density at radius 2 is 2.14 bits per heavy atom. The summed E-state index contributed by atoms with van der Waals surface area (Å²) < 4.78 is 0. The molecule has 106 valence electrons. The maximum atomic E-state index is 4.46. The molecule has 6 heteroatoms. The number of anilines is 1. The van der Waals surface area contributed by atoms with E-state index in [4.69, 9.17) is 0 Å². The van der Waals surface area contributed by atoms with Crippen molar-refractivity contribution in [1.82, 2.24) is 19.9 Å². The molecule has 3 heterocycles. The van der Waals surface area contributed by atoms with Crippen molar-refractivity contribution in [3.8, 4) is 0 Å². The van der Waals surface area contributed by atoms with E-state index < -0.39 is 0 Å². The zero-order valence-electron chi connectivity index (χ0n) is 11.7. The Hall–Kier alpha value is -2.08. The van der Waals surface area contributed by atoms with E-state index in [0.29, 0.717) is 0 Å². The van der Waals surface area contributed by atoms with Crippen molar-refractivity contribution in [1.29, 1.82) is 0 Å². The maximum Gasteiger partial charge on any atom is 0.138 e. The normalized spacial score (nSPS) is 15.1. The summed E-state index contributed by atoms with van der Waals surface area (Å²) >= 11 is 1.80. The maximum absolute atomic E-state index is 4.46. The molecule has 0 radical (unpaired) electrons. The largest absolute Gasteiger partial charge is 0.361 e. The molecule has 0 bridgehead atoms. The van der Waals surface area contributed by atoms with Crippen molar-refractivity contribution in [2.24, 2.45) is 0 Å². The van der Waals surface area contributed by atoms with Gasteiger partial charge in [-0.05, 0) is 31.7 Å². The first-order chi connectivity index (χ1) is 10.3. The fourth-order valence-electron chi connectivity index (χ4n) is 2.85. The van der Waals surface area contributed by atoms with Gasteiger partial charge in [-0.15, -0.1) is 11.3 Å². The second kappa shape index (κ2) is 5.04. The number of aryl methyl sites for hydroxylation is 2. The lowest BCUT2D eigenvalue weighted by Crippen LogP contribution is -2.10. The van der Waals surface area contributed by atoms with Gasteiger partial charge in [-0.2, -0.15) is 0 Å². The summed E-state index contributed by atoms with van der Waals surface area (Å²) in [7, 11) is 0. The van der Waals surface area contributed by atoms with E-state index in [1.54, 1.807) is 36.3 Å². The number of rotatable bonds is 3. The van der Waals surface area contributed by atoms with Crippen LogP contribution in [-0.2, 0) is 12.8 Å². The van der Waals surface area contributed by atoms with E-state index in [-0.39, 0.29) is 6.04 Å². The van der Waals surface area contributed by atoms with Gasteiger partial charge in [0, 0.05) is 17.3 Å². The molecule has 0 fully saturated rings. The predicted molar refractivity (Wildman–Crippen MR) is 83.5 cm³/mol. The number of fused-ring (bicyclic) bond motifs is 3. The van der Waals surface area contributed by atoms with E-state index in [9.17, 15) is 0 Å². The molecule has 0 saturated heterocycles. The fraction of sp³-hybridized carbons (Fsp3) is 0.333. The monoisotopic (exact) mass is 297 g/mol. The quantitative estimate of drug-likeness (QED) is 0.804. The van der Waals surface area contributed by atoms with Crippen LogP contribution in [0.15, 0.2) is 24.9 Å². The second-order valence-electron chi connectivity index (χ2n) is 5.26. The zero-order chi connectivity index (χ0) is 14.2. The number of hydrogen-bond donors (Lipinski definition) is 1. The topological polar surface area (TPSA) is 63.6 Å². The Morgan fingerprint density at radius 1 is 1.19 bits per heavy atom. The fourth-order valence-corrected chi connectivity index (χ4v) is 4.08. The van der Waals surface area contributed by atoms with Crippen LogP contribution in [0.2, 0.25) is 0 Å². The summed E-state index contributed by atoms with van der Waals surface area (Å²) in [6, 6.07) is 0.0637. The molecule has 0 aliphatic heterocycles. The highest BCUT2D eigenvalue weighted by Crippen LogP contribution is 2.39. The highest BCUT2D eigenvalue weighted by atomic mass is 32.1. The average molecular weight is 297 g/mol. The van der Waals surface area contributed by atoms with Gasteiger partial charge in [-0.1, -0.05) is 0 Å². The highest BCUT2D eigenvalue weighted by molar-refractivity contribution is 7.19. The van der Waals surface area contributed by atoms with Crippen molar-refractivity contribution in [3.05, 3.63) is 41.1 Å².